The molecule has 17 heavy (non-hydrogen) atoms. The molecule has 1 heterocycles. The Morgan fingerprint density at radius 1 is 1.24 bits per heavy atom. The van der Waals surface area contributed by atoms with E-state index < -0.39 is 0 Å². The second-order valence-electron chi connectivity index (χ2n) is 5.40. The molecule has 1 saturated heterocycles. The maximum atomic E-state index is 11.9. The van der Waals surface area contributed by atoms with Crippen molar-refractivity contribution in [1.29, 1.82) is 0 Å². The maximum absolute atomic E-state index is 11.9. The molecule has 1 amide bonds. The SMILES string of the molecule is C#CCNCC(=O)N1CCC2(CCCC2)CC1. The monoisotopic (exact) mass is 234 g/mol. The fourth-order valence-corrected chi connectivity index (χ4v) is 3.21. The minimum Gasteiger partial charge on any atom is -0.342 e. The highest BCUT2D eigenvalue weighted by atomic mass is 16.2. The second kappa shape index (κ2) is 5.55. The Morgan fingerprint density at radius 3 is 2.47 bits per heavy atom. The molecule has 0 atom stereocenters. The van der Waals surface area contributed by atoms with Gasteiger partial charge in [-0.3, -0.25) is 10.1 Å². The number of carbonyl (C=O) groups excluding carboxylic acids is 1. The highest BCUT2D eigenvalue weighted by Gasteiger charge is 2.37. The van der Waals surface area contributed by atoms with Crippen LogP contribution in [0.4, 0.5) is 0 Å². The van der Waals surface area contributed by atoms with Crippen LogP contribution in [0.3, 0.4) is 0 Å². The summed E-state index contributed by atoms with van der Waals surface area (Å²) in [6.07, 6.45) is 13.1. The van der Waals surface area contributed by atoms with E-state index in [-0.39, 0.29) is 5.91 Å². The van der Waals surface area contributed by atoms with Gasteiger partial charge in [0.25, 0.3) is 0 Å². The molecule has 0 radical (unpaired) electrons. The molecule has 0 aromatic rings. The molecule has 2 aliphatic rings. The first-order chi connectivity index (χ1) is 8.26. The lowest BCUT2D eigenvalue weighted by atomic mass is 9.77. The molecular weight excluding hydrogens is 212 g/mol. The molecule has 0 aromatic heterocycles. The molecule has 1 spiro atoms. The maximum Gasteiger partial charge on any atom is 0.236 e. The summed E-state index contributed by atoms with van der Waals surface area (Å²) in [7, 11) is 0. The Hall–Kier alpha value is -1.01. The lowest BCUT2D eigenvalue weighted by Crippen LogP contribution is -2.45. The fraction of sp³-hybridized carbons (Fsp3) is 0.786. The van der Waals surface area contributed by atoms with Gasteiger partial charge in [-0.25, -0.2) is 0 Å². The van der Waals surface area contributed by atoms with Gasteiger partial charge in [-0.1, -0.05) is 18.8 Å². The van der Waals surface area contributed by atoms with E-state index in [2.05, 4.69) is 11.2 Å². The topological polar surface area (TPSA) is 32.3 Å². The van der Waals surface area contributed by atoms with Gasteiger partial charge < -0.3 is 4.90 Å². The Labute approximate surface area is 104 Å². The van der Waals surface area contributed by atoms with Crippen molar-refractivity contribution in [3.05, 3.63) is 0 Å². The highest BCUT2D eigenvalue weighted by Crippen LogP contribution is 2.45. The van der Waals surface area contributed by atoms with Crippen LogP contribution in [0.25, 0.3) is 0 Å². The zero-order valence-corrected chi connectivity index (χ0v) is 10.5. The average molecular weight is 234 g/mol. The molecule has 1 saturated carbocycles. The predicted octanol–water partition coefficient (Wildman–Crippen LogP) is 1.39. The van der Waals surface area contributed by atoms with Crippen molar-refractivity contribution < 1.29 is 4.79 Å². The van der Waals surface area contributed by atoms with Gasteiger partial charge in [-0.15, -0.1) is 6.42 Å². The summed E-state index contributed by atoms with van der Waals surface area (Å²) < 4.78 is 0. The molecule has 1 aliphatic carbocycles. The van der Waals surface area contributed by atoms with Crippen molar-refractivity contribution in [2.75, 3.05) is 26.2 Å². The second-order valence-corrected chi connectivity index (χ2v) is 5.40. The first-order valence-electron chi connectivity index (χ1n) is 6.68. The smallest absolute Gasteiger partial charge is 0.236 e. The van der Waals surface area contributed by atoms with Crippen LogP contribution < -0.4 is 5.32 Å². The zero-order valence-electron chi connectivity index (χ0n) is 10.5. The van der Waals surface area contributed by atoms with E-state index in [0.29, 0.717) is 18.5 Å². The molecule has 1 N–H and O–H groups in total. The number of terminal acetylenes is 1. The standard InChI is InChI=1S/C14H22N2O/c1-2-9-15-12-13(17)16-10-7-14(8-11-16)5-3-4-6-14/h1,15H,3-12H2. The van der Waals surface area contributed by atoms with Gasteiger partial charge in [-0.05, 0) is 31.1 Å². The molecular formula is C14H22N2O. The summed E-state index contributed by atoms with van der Waals surface area (Å²) in [5.41, 5.74) is 0.586. The van der Waals surface area contributed by atoms with Crippen LogP contribution in [-0.4, -0.2) is 37.0 Å². The third-order valence-corrected chi connectivity index (χ3v) is 4.34. The molecule has 2 rings (SSSR count). The number of nitrogens with one attached hydrogen (secondary N) is 1. The van der Waals surface area contributed by atoms with Crippen LogP contribution >= 0.6 is 0 Å². The van der Waals surface area contributed by atoms with Crippen molar-refractivity contribution in [2.24, 2.45) is 5.41 Å². The van der Waals surface area contributed by atoms with E-state index in [1.165, 1.54) is 38.5 Å². The quantitative estimate of drug-likeness (QED) is 0.591. The largest absolute Gasteiger partial charge is 0.342 e. The predicted molar refractivity (Wildman–Crippen MR) is 68.4 cm³/mol. The van der Waals surface area contributed by atoms with Gasteiger partial charge in [0.15, 0.2) is 0 Å². The van der Waals surface area contributed by atoms with E-state index in [0.717, 1.165) is 13.1 Å². The summed E-state index contributed by atoms with van der Waals surface area (Å²) in [5.74, 6) is 2.69. The lowest BCUT2D eigenvalue weighted by Gasteiger charge is -2.39. The van der Waals surface area contributed by atoms with Crippen LogP contribution in [-0.2, 0) is 4.79 Å². The molecule has 0 aromatic carbocycles. The van der Waals surface area contributed by atoms with E-state index in [1.54, 1.807) is 0 Å². The summed E-state index contributed by atoms with van der Waals surface area (Å²) in [5, 5.41) is 2.97. The highest BCUT2D eigenvalue weighted by molar-refractivity contribution is 5.78. The van der Waals surface area contributed by atoms with Gasteiger partial charge in [-0.2, -0.15) is 0 Å². The Morgan fingerprint density at radius 2 is 1.88 bits per heavy atom. The molecule has 3 heteroatoms. The van der Waals surface area contributed by atoms with Crippen LogP contribution in [0.15, 0.2) is 0 Å². The number of piperidine rings is 1. The Kier molecular flexibility index (Phi) is 4.06. The minimum atomic E-state index is 0.202. The number of likely N-dealkylation sites (tertiary alicyclic amines) is 1. The van der Waals surface area contributed by atoms with E-state index in [9.17, 15) is 4.79 Å². The average Bonchev–Trinajstić information content (AvgIpc) is 2.79. The molecule has 2 fully saturated rings. The molecule has 0 unspecified atom stereocenters. The number of amides is 1. The molecule has 3 nitrogen and oxygen atoms in total. The lowest BCUT2D eigenvalue weighted by molar-refractivity contribution is -0.132. The summed E-state index contributed by atoms with van der Waals surface area (Å²) in [4.78, 5) is 13.9. The van der Waals surface area contributed by atoms with Gasteiger partial charge in [0, 0.05) is 13.1 Å². The Bertz CT molecular complexity index is 303. The van der Waals surface area contributed by atoms with E-state index in [4.69, 9.17) is 6.42 Å². The fourth-order valence-electron chi connectivity index (χ4n) is 3.21. The van der Waals surface area contributed by atoms with Gasteiger partial charge >= 0.3 is 0 Å². The van der Waals surface area contributed by atoms with Crippen LogP contribution in [0.2, 0.25) is 0 Å². The van der Waals surface area contributed by atoms with Crippen LogP contribution in [0, 0.1) is 17.8 Å². The Balaban J connectivity index is 1.74. The van der Waals surface area contributed by atoms with Crippen molar-refractivity contribution in [1.82, 2.24) is 10.2 Å². The van der Waals surface area contributed by atoms with Crippen LogP contribution in [0.5, 0.6) is 0 Å². The number of hydrogen-bond acceptors (Lipinski definition) is 2. The molecule has 1 aliphatic heterocycles. The zero-order chi connectivity index (χ0) is 12.1. The van der Waals surface area contributed by atoms with E-state index >= 15 is 0 Å². The molecule has 94 valence electrons. The number of nitrogens with zero attached hydrogens (tertiary/aromatic N) is 1. The van der Waals surface area contributed by atoms with Crippen molar-refractivity contribution >= 4 is 5.91 Å². The third-order valence-electron chi connectivity index (χ3n) is 4.34. The summed E-state index contributed by atoms with van der Waals surface area (Å²) >= 11 is 0. The number of rotatable bonds is 3. The van der Waals surface area contributed by atoms with Crippen LogP contribution in [0.1, 0.15) is 38.5 Å². The number of hydrogen-bond donors (Lipinski definition) is 1. The first-order valence-corrected chi connectivity index (χ1v) is 6.68. The van der Waals surface area contributed by atoms with Crippen molar-refractivity contribution in [3.8, 4) is 12.3 Å². The molecule has 0 bridgehead atoms. The summed E-state index contributed by atoms with van der Waals surface area (Å²) in [6.45, 7) is 2.74. The van der Waals surface area contributed by atoms with Gasteiger partial charge in [0.05, 0.1) is 13.1 Å². The third kappa shape index (κ3) is 3.01. The minimum absolute atomic E-state index is 0.202. The summed E-state index contributed by atoms with van der Waals surface area (Å²) in [6, 6.07) is 0. The van der Waals surface area contributed by atoms with Crippen molar-refractivity contribution in [2.45, 2.75) is 38.5 Å². The normalized spacial score (nSPS) is 22.6. The van der Waals surface area contributed by atoms with E-state index in [1.807, 2.05) is 4.90 Å². The first kappa shape index (κ1) is 12.4. The van der Waals surface area contributed by atoms with Gasteiger partial charge in [0.1, 0.15) is 0 Å². The van der Waals surface area contributed by atoms with Gasteiger partial charge in [0.2, 0.25) is 5.91 Å². The van der Waals surface area contributed by atoms with Crippen molar-refractivity contribution in [3.63, 3.8) is 0 Å². The number of carbonyl (C=O) groups is 1.